The van der Waals surface area contributed by atoms with Gasteiger partial charge < -0.3 is 10.4 Å². The largest absolute Gasteiger partial charge is 0.481 e. The molecule has 1 aliphatic carbocycles. The van der Waals surface area contributed by atoms with Gasteiger partial charge in [-0.15, -0.1) is 0 Å². The fourth-order valence-corrected chi connectivity index (χ4v) is 2.35. The maximum atomic E-state index is 10.7. The van der Waals surface area contributed by atoms with Crippen LogP contribution in [0.2, 0.25) is 0 Å². The second-order valence-electron chi connectivity index (χ2n) is 4.02. The van der Waals surface area contributed by atoms with Gasteiger partial charge in [-0.05, 0) is 18.3 Å². The fourth-order valence-electron chi connectivity index (χ4n) is 1.93. The van der Waals surface area contributed by atoms with E-state index >= 15 is 0 Å². The van der Waals surface area contributed by atoms with Gasteiger partial charge in [-0.2, -0.15) is 4.37 Å². The molecule has 5 nitrogen and oxygen atoms in total. The minimum Gasteiger partial charge on any atom is -0.481 e. The molecule has 1 heterocycles. The molecule has 0 spiro atoms. The molecule has 0 saturated heterocycles. The van der Waals surface area contributed by atoms with Gasteiger partial charge in [0.1, 0.15) is 6.33 Å². The predicted molar refractivity (Wildman–Crippen MR) is 56.9 cm³/mol. The van der Waals surface area contributed by atoms with Crippen LogP contribution in [0.25, 0.3) is 0 Å². The lowest BCUT2D eigenvalue weighted by molar-refractivity contribution is -0.141. The second-order valence-corrected chi connectivity index (χ2v) is 4.80. The molecule has 15 heavy (non-hydrogen) atoms. The molecule has 0 unspecified atom stereocenters. The SMILES string of the molecule is O=C(O)CC1(CNc2ncns2)CCC1. The van der Waals surface area contributed by atoms with Crippen LogP contribution in [0.4, 0.5) is 5.13 Å². The molecule has 1 saturated carbocycles. The minimum atomic E-state index is -0.714. The number of carboxylic acid groups (broad SMARTS) is 1. The molecule has 1 fully saturated rings. The van der Waals surface area contributed by atoms with Crippen molar-refractivity contribution < 1.29 is 9.90 Å². The summed E-state index contributed by atoms with van der Waals surface area (Å²) in [6.07, 6.45) is 4.86. The van der Waals surface area contributed by atoms with Crippen LogP contribution in [0.15, 0.2) is 6.33 Å². The normalized spacial score (nSPS) is 18.1. The van der Waals surface area contributed by atoms with Crippen molar-refractivity contribution in [3.63, 3.8) is 0 Å². The van der Waals surface area contributed by atoms with Gasteiger partial charge in [-0.25, -0.2) is 4.98 Å². The Kier molecular flexibility index (Phi) is 2.86. The standard InChI is InChI=1S/C9H13N3O2S/c13-7(14)4-9(2-1-3-9)5-10-8-11-6-12-15-8/h6H,1-5H2,(H,13,14)(H,10,11,12). The predicted octanol–water partition coefficient (Wildman–Crippen LogP) is 1.59. The summed E-state index contributed by atoms with van der Waals surface area (Å²) < 4.78 is 3.88. The van der Waals surface area contributed by atoms with E-state index in [1.807, 2.05) is 0 Å². The smallest absolute Gasteiger partial charge is 0.303 e. The molecule has 0 radical (unpaired) electrons. The van der Waals surface area contributed by atoms with Crippen molar-refractivity contribution in [2.24, 2.45) is 5.41 Å². The van der Waals surface area contributed by atoms with E-state index in [1.165, 1.54) is 17.9 Å². The average molecular weight is 227 g/mol. The number of aliphatic carboxylic acids is 1. The van der Waals surface area contributed by atoms with E-state index in [1.54, 1.807) is 0 Å². The summed E-state index contributed by atoms with van der Waals surface area (Å²) in [7, 11) is 0. The zero-order valence-electron chi connectivity index (χ0n) is 8.27. The molecule has 1 aliphatic rings. The van der Waals surface area contributed by atoms with Gasteiger partial charge in [0.05, 0.1) is 6.42 Å². The number of carbonyl (C=O) groups is 1. The van der Waals surface area contributed by atoms with Gasteiger partial charge in [-0.1, -0.05) is 6.42 Å². The third kappa shape index (κ3) is 2.44. The van der Waals surface area contributed by atoms with Gasteiger partial charge in [0.2, 0.25) is 5.13 Å². The van der Waals surface area contributed by atoms with Crippen molar-refractivity contribution in [2.45, 2.75) is 25.7 Å². The van der Waals surface area contributed by atoms with Crippen LogP contribution < -0.4 is 5.32 Å². The summed E-state index contributed by atoms with van der Waals surface area (Å²) in [5, 5.41) is 12.7. The van der Waals surface area contributed by atoms with E-state index in [-0.39, 0.29) is 11.8 Å². The number of hydrogen-bond acceptors (Lipinski definition) is 5. The number of nitrogens with zero attached hydrogens (tertiary/aromatic N) is 2. The van der Waals surface area contributed by atoms with E-state index in [2.05, 4.69) is 14.7 Å². The first-order valence-corrected chi connectivity index (χ1v) is 5.70. The average Bonchev–Trinajstić information content (AvgIpc) is 2.61. The minimum absolute atomic E-state index is 0.0580. The van der Waals surface area contributed by atoms with Crippen molar-refractivity contribution >= 4 is 22.6 Å². The summed E-state index contributed by atoms with van der Waals surface area (Å²) in [6.45, 7) is 0.689. The summed E-state index contributed by atoms with van der Waals surface area (Å²) >= 11 is 1.30. The van der Waals surface area contributed by atoms with E-state index in [0.29, 0.717) is 6.54 Å². The molecule has 2 rings (SSSR count). The topological polar surface area (TPSA) is 75.1 Å². The Balaban J connectivity index is 1.88. The summed E-state index contributed by atoms with van der Waals surface area (Å²) in [6, 6.07) is 0. The van der Waals surface area contributed by atoms with Crippen LogP contribution in [0, 0.1) is 5.41 Å². The highest BCUT2D eigenvalue weighted by Gasteiger charge is 2.38. The monoisotopic (exact) mass is 227 g/mol. The maximum absolute atomic E-state index is 10.7. The van der Waals surface area contributed by atoms with E-state index in [0.717, 1.165) is 24.4 Å². The quantitative estimate of drug-likeness (QED) is 0.799. The van der Waals surface area contributed by atoms with Crippen LogP contribution in [0.5, 0.6) is 0 Å². The Labute approximate surface area is 91.7 Å². The van der Waals surface area contributed by atoms with Gasteiger partial charge in [0.25, 0.3) is 0 Å². The number of hydrogen-bond donors (Lipinski definition) is 2. The lowest BCUT2D eigenvalue weighted by atomic mass is 9.66. The van der Waals surface area contributed by atoms with Crippen molar-refractivity contribution in [3.05, 3.63) is 6.33 Å². The number of nitrogens with one attached hydrogen (secondary N) is 1. The number of carboxylic acids is 1. The van der Waals surface area contributed by atoms with Gasteiger partial charge in [0.15, 0.2) is 0 Å². The van der Waals surface area contributed by atoms with Crippen LogP contribution in [-0.4, -0.2) is 27.0 Å². The van der Waals surface area contributed by atoms with E-state index in [9.17, 15) is 4.79 Å². The number of aromatic nitrogens is 2. The molecule has 0 bridgehead atoms. The zero-order valence-corrected chi connectivity index (χ0v) is 9.09. The Morgan fingerprint density at radius 3 is 2.93 bits per heavy atom. The molecular formula is C9H13N3O2S. The molecule has 0 atom stereocenters. The fraction of sp³-hybridized carbons (Fsp3) is 0.667. The zero-order chi connectivity index (χ0) is 10.7. The van der Waals surface area contributed by atoms with Crippen LogP contribution in [0.1, 0.15) is 25.7 Å². The first-order chi connectivity index (χ1) is 7.20. The third-order valence-electron chi connectivity index (χ3n) is 2.92. The van der Waals surface area contributed by atoms with E-state index in [4.69, 9.17) is 5.11 Å². The summed E-state index contributed by atoms with van der Waals surface area (Å²) in [5.74, 6) is -0.714. The van der Waals surface area contributed by atoms with E-state index < -0.39 is 5.97 Å². The molecule has 2 N–H and O–H groups in total. The van der Waals surface area contributed by atoms with Crippen molar-refractivity contribution in [3.8, 4) is 0 Å². The molecule has 82 valence electrons. The Bertz CT molecular complexity index is 335. The van der Waals surface area contributed by atoms with Crippen LogP contribution in [0.3, 0.4) is 0 Å². The molecule has 1 aromatic rings. The molecule has 6 heteroatoms. The highest BCUT2D eigenvalue weighted by Crippen LogP contribution is 2.43. The molecule has 0 amide bonds. The van der Waals surface area contributed by atoms with Gasteiger partial charge in [-0.3, -0.25) is 4.79 Å². The van der Waals surface area contributed by atoms with Gasteiger partial charge >= 0.3 is 5.97 Å². The van der Waals surface area contributed by atoms with Crippen LogP contribution in [-0.2, 0) is 4.79 Å². The maximum Gasteiger partial charge on any atom is 0.303 e. The molecule has 0 aromatic carbocycles. The van der Waals surface area contributed by atoms with Crippen molar-refractivity contribution in [2.75, 3.05) is 11.9 Å². The van der Waals surface area contributed by atoms with Crippen molar-refractivity contribution in [1.82, 2.24) is 9.36 Å². The molecule has 1 aromatic heterocycles. The lowest BCUT2D eigenvalue weighted by Gasteiger charge is -2.40. The third-order valence-corrected chi connectivity index (χ3v) is 3.54. The Morgan fingerprint density at radius 1 is 1.67 bits per heavy atom. The molecular weight excluding hydrogens is 214 g/mol. The lowest BCUT2D eigenvalue weighted by Crippen LogP contribution is -2.38. The first kappa shape index (κ1) is 10.4. The van der Waals surface area contributed by atoms with Gasteiger partial charge in [0, 0.05) is 18.1 Å². The van der Waals surface area contributed by atoms with Crippen LogP contribution >= 0.6 is 11.5 Å². The second kappa shape index (κ2) is 4.14. The van der Waals surface area contributed by atoms with Crippen molar-refractivity contribution in [1.29, 1.82) is 0 Å². The number of anilines is 1. The number of rotatable bonds is 5. The Morgan fingerprint density at radius 2 is 2.47 bits per heavy atom. The summed E-state index contributed by atoms with van der Waals surface area (Å²) in [5.41, 5.74) is -0.0580. The highest BCUT2D eigenvalue weighted by molar-refractivity contribution is 7.09. The molecule has 0 aliphatic heterocycles. The first-order valence-electron chi connectivity index (χ1n) is 4.93. The Hall–Kier alpha value is -1.17. The summed E-state index contributed by atoms with van der Waals surface area (Å²) in [4.78, 5) is 14.7. The highest BCUT2D eigenvalue weighted by atomic mass is 32.1.